The highest BCUT2D eigenvalue weighted by Crippen LogP contribution is 2.60. The smallest absolute Gasteiger partial charge is 0.217 e. The molecule has 8 saturated carbocycles. The third-order valence-electron chi connectivity index (χ3n) is 22.9. The zero-order valence-corrected chi connectivity index (χ0v) is 58.1. The fourth-order valence-corrected chi connectivity index (χ4v) is 20.3. The maximum Gasteiger partial charge on any atom is 0.217 e. The number of thiocarbonyl (C=S) groups is 2. The molecule has 1 atom stereocenters. The Bertz CT molecular complexity index is 4090. The van der Waals surface area contributed by atoms with Crippen molar-refractivity contribution in [2.75, 3.05) is 53.5 Å². The van der Waals surface area contributed by atoms with Gasteiger partial charge >= 0.3 is 0 Å². The Balaban J connectivity index is 0.695. The molecule has 504 valence electrons. The summed E-state index contributed by atoms with van der Waals surface area (Å²) in [5.74, 6) is 7.17. The quantitative estimate of drug-likeness (QED) is 0.0360. The van der Waals surface area contributed by atoms with Gasteiger partial charge in [-0.05, 0) is 274 Å². The largest absolute Gasteiger partial charge is 0.493 e. The number of benzene rings is 4. The molecule has 1 unspecified atom stereocenters. The monoisotopic (exact) mass is 1330 g/mol. The highest BCUT2D eigenvalue weighted by molar-refractivity contribution is 7.80. The van der Waals surface area contributed by atoms with Crippen LogP contribution in [0.25, 0.3) is 22.3 Å². The minimum atomic E-state index is -0.438. The Morgan fingerprint density at radius 3 is 1.35 bits per heavy atom. The van der Waals surface area contributed by atoms with E-state index in [-0.39, 0.29) is 27.8 Å². The van der Waals surface area contributed by atoms with Crippen molar-refractivity contribution in [3.63, 3.8) is 0 Å². The first-order chi connectivity index (χ1) is 46.6. The number of hydrazine groups is 2. The topological polar surface area (TPSA) is 173 Å². The number of carbonyl (C=O) groups is 1. The summed E-state index contributed by atoms with van der Waals surface area (Å²) in [4.78, 5) is 46.5. The van der Waals surface area contributed by atoms with Gasteiger partial charge in [0.1, 0.15) is 11.4 Å². The molecular weight excluding hydrogens is 1240 g/mol. The molecule has 18 heteroatoms. The van der Waals surface area contributed by atoms with E-state index in [1.807, 2.05) is 30.3 Å². The molecule has 16 nitrogen and oxygen atoms in total. The van der Waals surface area contributed by atoms with Crippen LogP contribution in [0, 0.1) is 35.5 Å². The van der Waals surface area contributed by atoms with Crippen LogP contribution in [-0.2, 0) is 50.0 Å². The van der Waals surface area contributed by atoms with Crippen molar-refractivity contribution in [3.05, 3.63) is 162 Å². The summed E-state index contributed by atoms with van der Waals surface area (Å²) in [5, 5.41) is 4.30. The van der Waals surface area contributed by atoms with Crippen molar-refractivity contribution in [3.8, 4) is 56.8 Å². The van der Waals surface area contributed by atoms with Gasteiger partial charge in [0.05, 0.1) is 48.7 Å². The first-order valence-corrected chi connectivity index (χ1v) is 35.5. The van der Waals surface area contributed by atoms with Crippen molar-refractivity contribution in [1.29, 1.82) is 0 Å². The molecule has 16 rings (SSSR count). The molecule has 1 amide bonds. The van der Waals surface area contributed by atoms with E-state index < -0.39 is 6.04 Å². The fourth-order valence-electron chi connectivity index (χ4n) is 19.7. The molecule has 10 aliphatic rings. The molecule has 0 spiro atoms. The maximum absolute atomic E-state index is 14.5. The lowest BCUT2D eigenvalue weighted by atomic mass is 9.52. The summed E-state index contributed by atoms with van der Waals surface area (Å²) in [6.45, 7) is 2.79. The molecule has 0 radical (unpaired) electrons. The summed E-state index contributed by atoms with van der Waals surface area (Å²) in [7, 11) is 9.69. The maximum atomic E-state index is 14.5. The SMILES string of the molecule is COc1cc2c(c(OC)c1OC)-c1ccc(NNC(=S)N(Cc3cccc(CCc4cccc(CN(C(=S)NNc5ccc6c(cc5=O)C(NC(C)=O)CCc5cc(OC)c(OC)c(OC)c5-6)[C@]56CC7CC(C[C@H](C7)C5)C6)c4)c3)[C@]34CC5CC(C[C@H](C5)C3)C4)c(=O)cc1CCC2. The second-order valence-corrected chi connectivity index (χ2v) is 29.8. The van der Waals surface area contributed by atoms with Gasteiger partial charge in [-0.15, -0.1) is 0 Å². The standard InChI is InChI=1S/C78H91N7O9S2/c1-45(86)79-62-22-19-58-35-68(90-3)72(92-5)74(94-7)70(58)60-21-24-64(66(88)36-61(60)62)81-83-76(96)85(78-40-53-30-54(41-78)32-55(31-53)42-78)44-49-14-9-12-47(26-49)18-17-46-11-8-13-48(25-46)43-84(77-37-50-27-51(38-77)29-52(28-50)39-77)75(95)82-80-63-23-20-59-56(33-65(63)87)15-10-16-57-34-67(89-2)71(91-4)73(93-6)69(57)59/h8-9,11-14,20-21,23-26,33-36,50-55,62H,10,15-19,22,27-32,37-44H2,1-7H3,(H,79,86)(H,80,87)(H,81,88)(H,82,95)(H,83,96)/t50-,51?,52?,53-,54?,55?,62?,77-,78-. The van der Waals surface area contributed by atoms with E-state index in [1.165, 1.54) is 67.7 Å². The van der Waals surface area contributed by atoms with Crippen molar-refractivity contribution in [2.45, 2.75) is 159 Å². The molecule has 5 N–H and O–H groups in total. The highest BCUT2D eigenvalue weighted by Gasteiger charge is 2.56. The minimum absolute atomic E-state index is 0.0699. The van der Waals surface area contributed by atoms with Gasteiger partial charge in [-0.25, -0.2) is 0 Å². The van der Waals surface area contributed by atoms with E-state index in [1.54, 1.807) is 60.9 Å². The normalized spacial score (nSPS) is 24.3. The van der Waals surface area contributed by atoms with E-state index in [0.29, 0.717) is 123 Å². The van der Waals surface area contributed by atoms with Gasteiger partial charge in [0, 0.05) is 42.2 Å². The average molecular weight is 1330 g/mol. The van der Waals surface area contributed by atoms with E-state index in [2.05, 4.69) is 85.4 Å². The van der Waals surface area contributed by atoms with Gasteiger partial charge in [0.15, 0.2) is 33.2 Å². The second kappa shape index (κ2) is 27.1. The number of rotatable bonds is 20. The lowest BCUT2D eigenvalue weighted by Gasteiger charge is -2.61. The highest BCUT2D eigenvalue weighted by atomic mass is 32.1. The van der Waals surface area contributed by atoms with Crippen LogP contribution < -0.4 is 66.3 Å². The van der Waals surface area contributed by atoms with Crippen molar-refractivity contribution >= 4 is 51.9 Å². The van der Waals surface area contributed by atoms with Crippen LogP contribution in [0.1, 0.15) is 147 Å². The molecule has 6 aromatic carbocycles. The first-order valence-electron chi connectivity index (χ1n) is 34.7. The number of amides is 1. The predicted octanol–water partition coefficient (Wildman–Crippen LogP) is 13.5. The molecule has 8 bridgehead atoms. The van der Waals surface area contributed by atoms with Crippen LogP contribution in [0.2, 0.25) is 0 Å². The van der Waals surface area contributed by atoms with E-state index in [9.17, 15) is 14.4 Å². The number of carbonyl (C=O) groups excluding carboxylic acids is 1. The Labute approximate surface area is 574 Å². The van der Waals surface area contributed by atoms with E-state index in [4.69, 9.17) is 52.9 Å². The summed E-state index contributed by atoms with van der Waals surface area (Å²) in [6, 6.07) is 32.7. The van der Waals surface area contributed by atoms with Crippen LogP contribution in [0.3, 0.4) is 0 Å². The zero-order valence-electron chi connectivity index (χ0n) is 56.5. The molecule has 0 saturated heterocycles. The Morgan fingerprint density at radius 2 is 0.906 bits per heavy atom. The van der Waals surface area contributed by atoms with E-state index in [0.717, 1.165) is 110 Å². The van der Waals surface area contributed by atoms with Gasteiger partial charge in [-0.3, -0.25) is 36.1 Å². The van der Waals surface area contributed by atoms with E-state index >= 15 is 0 Å². The Morgan fingerprint density at radius 1 is 0.490 bits per heavy atom. The second-order valence-electron chi connectivity index (χ2n) is 29.0. The third-order valence-corrected chi connectivity index (χ3v) is 23.6. The van der Waals surface area contributed by atoms with Crippen LogP contribution in [0.15, 0.2) is 107 Å². The molecule has 6 aromatic rings. The first kappa shape index (κ1) is 65.2. The fraction of sp³-hybridized carbons (Fsp3) is 0.474. The molecular formula is C78H91N7O9S2. The number of fused-ring (bicyclic) bond motifs is 6. The van der Waals surface area contributed by atoms with Crippen LogP contribution >= 0.6 is 24.4 Å². The number of nitrogens with zero attached hydrogens (tertiary/aromatic N) is 2. The van der Waals surface area contributed by atoms with Crippen molar-refractivity contribution in [2.24, 2.45) is 35.5 Å². The summed E-state index contributed by atoms with van der Waals surface area (Å²) >= 11 is 13.0. The van der Waals surface area contributed by atoms with Gasteiger partial charge in [-0.1, -0.05) is 60.7 Å². The Kier molecular flexibility index (Phi) is 18.4. The van der Waals surface area contributed by atoms with Gasteiger partial charge < -0.3 is 43.5 Å². The molecule has 0 aliphatic heterocycles. The van der Waals surface area contributed by atoms with Crippen molar-refractivity contribution < 1.29 is 33.2 Å². The molecule has 0 aromatic heterocycles. The zero-order chi connectivity index (χ0) is 66.6. The molecule has 0 heterocycles. The lowest BCUT2D eigenvalue weighted by molar-refractivity contribution is -0.119. The molecule has 96 heavy (non-hydrogen) atoms. The lowest BCUT2D eigenvalue weighted by Crippen LogP contribution is -2.63. The number of hydrogen-bond donors (Lipinski definition) is 5. The third kappa shape index (κ3) is 12.6. The molecule has 10 aliphatic carbocycles. The van der Waals surface area contributed by atoms with Crippen LogP contribution in [0.4, 0.5) is 11.4 Å². The number of aryl methyl sites for hydroxylation is 5. The minimum Gasteiger partial charge on any atom is -0.493 e. The summed E-state index contributed by atoms with van der Waals surface area (Å²) < 4.78 is 35.2. The number of anilines is 2. The number of nitrogens with one attached hydrogen (secondary N) is 5. The average Bonchev–Trinajstić information content (AvgIpc) is 0.967. The number of methoxy groups -OCH3 is 6. The van der Waals surface area contributed by atoms with Gasteiger partial charge in [0.25, 0.3) is 0 Å². The summed E-state index contributed by atoms with van der Waals surface area (Å²) in [5.41, 5.74) is 25.8. The summed E-state index contributed by atoms with van der Waals surface area (Å²) in [6.07, 6.45) is 19.8. The van der Waals surface area contributed by atoms with Crippen molar-refractivity contribution in [1.82, 2.24) is 26.0 Å². The number of hydrogen-bond acceptors (Lipinski definition) is 13. The predicted molar refractivity (Wildman–Crippen MR) is 384 cm³/mol. The number of ether oxygens (including phenoxy) is 6. The van der Waals surface area contributed by atoms with Crippen LogP contribution in [0.5, 0.6) is 34.5 Å². The molecule has 8 fully saturated rings. The van der Waals surface area contributed by atoms with Gasteiger partial charge in [-0.2, -0.15) is 0 Å². The Hall–Kier alpha value is -8.09. The van der Waals surface area contributed by atoms with Crippen LogP contribution in [-0.4, -0.2) is 79.7 Å². The van der Waals surface area contributed by atoms with Gasteiger partial charge in [0.2, 0.25) is 28.3 Å².